The highest BCUT2D eigenvalue weighted by Crippen LogP contribution is 2.16. The summed E-state index contributed by atoms with van der Waals surface area (Å²) in [6, 6.07) is 8.33. The topological polar surface area (TPSA) is 106 Å². The van der Waals surface area contributed by atoms with Crippen molar-refractivity contribution in [3.63, 3.8) is 0 Å². The molecule has 2 N–H and O–H groups in total. The number of aromatic nitrogens is 5. The average molecular weight is 327 g/mol. The van der Waals surface area contributed by atoms with Crippen molar-refractivity contribution in [2.75, 3.05) is 10.7 Å². The van der Waals surface area contributed by atoms with Crippen LogP contribution in [0.5, 0.6) is 0 Å². The lowest BCUT2D eigenvalue weighted by Gasteiger charge is -2.18. The number of carbonyl (C=O) groups excluding carboxylic acids is 1. The Hall–Kier alpha value is -3.23. The maximum Gasteiger partial charge on any atom is 0.338 e. The minimum atomic E-state index is -0.570. The number of carbonyl (C=O) groups is 1. The number of urea groups is 1. The number of hydrogen-bond acceptors (Lipinski definition) is 5. The summed E-state index contributed by atoms with van der Waals surface area (Å²) in [6.45, 7) is 5.59. The molecule has 1 aromatic carbocycles. The number of rotatable bonds is 2. The van der Waals surface area contributed by atoms with E-state index >= 15 is 0 Å². The molecule has 0 unspecified atom stereocenters. The van der Waals surface area contributed by atoms with Crippen molar-refractivity contribution in [1.29, 1.82) is 0 Å². The number of hydrogen-bond donors (Lipinski definition) is 2. The lowest BCUT2D eigenvalue weighted by Crippen LogP contribution is -2.41. The summed E-state index contributed by atoms with van der Waals surface area (Å²) in [4.78, 5) is 24.9. The molecule has 2 heterocycles. The molecule has 124 valence electrons. The molecule has 24 heavy (non-hydrogen) atoms. The largest absolute Gasteiger partial charge is 0.338 e. The van der Waals surface area contributed by atoms with Crippen molar-refractivity contribution >= 4 is 17.5 Å². The molecule has 0 aliphatic heterocycles. The lowest BCUT2D eigenvalue weighted by atomic mass is 9.93. The number of anilines is 1. The van der Waals surface area contributed by atoms with Crippen molar-refractivity contribution in [2.24, 2.45) is 0 Å². The Morgan fingerprint density at radius 3 is 2.54 bits per heavy atom. The van der Waals surface area contributed by atoms with Crippen LogP contribution in [0.3, 0.4) is 0 Å². The van der Waals surface area contributed by atoms with Gasteiger partial charge in [0, 0.05) is 11.1 Å². The van der Waals surface area contributed by atoms with Crippen molar-refractivity contribution in [3.8, 4) is 0 Å². The normalized spacial score (nSPS) is 11.5. The Morgan fingerprint density at radius 2 is 1.88 bits per heavy atom. The van der Waals surface area contributed by atoms with E-state index in [4.69, 9.17) is 0 Å². The lowest BCUT2D eigenvalue weighted by molar-refractivity contribution is 0.259. The SMILES string of the molecule is CC(C)(C)c1nn2cnnc2n(NC(=O)Nc2ccccc2)c1=O. The second-order valence-electron chi connectivity index (χ2n) is 6.25. The molecule has 2 amide bonds. The number of nitrogens with one attached hydrogen (secondary N) is 2. The molecule has 0 aliphatic carbocycles. The molecule has 0 aliphatic rings. The molecule has 0 fully saturated rings. The van der Waals surface area contributed by atoms with E-state index < -0.39 is 17.0 Å². The molecule has 3 aromatic rings. The first kappa shape index (κ1) is 15.7. The van der Waals surface area contributed by atoms with Crippen LogP contribution in [-0.4, -0.2) is 30.5 Å². The van der Waals surface area contributed by atoms with E-state index in [1.807, 2.05) is 26.8 Å². The number of benzene rings is 1. The van der Waals surface area contributed by atoms with Crippen LogP contribution in [0.2, 0.25) is 0 Å². The van der Waals surface area contributed by atoms with E-state index in [-0.39, 0.29) is 11.5 Å². The van der Waals surface area contributed by atoms with Crippen molar-refractivity contribution in [1.82, 2.24) is 24.5 Å². The van der Waals surface area contributed by atoms with Gasteiger partial charge in [-0.05, 0) is 12.1 Å². The summed E-state index contributed by atoms with van der Waals surface area (Å²) in [5, 5.41) is 14.5. The Kier molecular flexibility index (Phi) is 3.76. The van der Waals surface area contributed by atoms with E-state index in [9.17, 15) is 9.59 Å². The molecular weight excluding hydrogens is 310 g/mol. The zero-order chi connectivity index (χ0) is 17.3. The first-order chi connectivity index (χ1) is 11.4. The predicted octanol–water partition coefficient (Wildman–Crippen LogP) is 1.36. The van der Waals surface area contributed by atoms with E-state index in [0.717, 1.165) is 4.68 Å². The van der Waals surface area contributed by atoms with Crippen LogP contribution in [0.15, 0.2) is 41.5 Å². The summed E-state index contributed by atoms with van der Waals surface area (Å²) in [5.74, 6) is 0.121. The number of fused-ring (bicyclic) bond motifs is 1. The van der Waals surface area contributed by atoms with Gasteiger partial charge in [0.05, 0.1) is 0 Å². The highest BCUT2D eigenvalue weighted by molar-refractivity contribution is 5.95. The smallest absolute Gasteiger partial charge is 0.307 e. The zero-order valence-corrected chi connectivity index (χ0v) is 13.5. The third kappa shape index (κ3) is 2.96. The highest BCUT2D eigenvalue weighted by atomic mass is 16.2. The van der Waals surface area contributed by atoms with Gasteiger partial charge in [-0.3, -0.25) is 4.79 Å². The molecule has 0 bridgehead atoms. The summed E-state index contributed by atoms with van der Waals surface area (Å²) >= 11 is 0. The molecule has 0 saturated heterocycles. The van der Waals surface area contributed by atoms with Gasteiger partial charge < -0.3 is 5.32 Å². The standard InChI is InChI=1S/C15H17N7O2/c1-15(2,3)11-12(23)22(14-18-16-9-21(14)19-11)20-13(24)17-10-7-5-4-6-8-10/h4-9H,1-3H3,(H2,17,20,24). The Bertz CT molecular complexity index is 938. The number of nitrogens with zero attached hydrogens (tertiary/aromatic N) is 5. The maximum absolute atomic E-state index is 12.7. The van der Waals surface area contributed by atoms with Crippen LogP contribution in [0.4, 0.5) is 10.5 Å². The van der Waals surface area contributed by atoms with Crippen molar-refractivity contribution in [2.45, 2.75) is 26.2 Å². The van der Waals surface area contributed by atoms with Crippen LogP contribution in [0.1, 0.15) is 26.5 Å². The molecular formula is C15H17N7O2. The highest BCUT2D eigenvalue weighted by Gasteiger charge is 2.24. The summed E-state index contributed by atoms with van der Waals surface area (Å²) in [7, 11) is 0. The summed E-state index contributed by atoms with van der Waals surface area (Å²) < 4.78 is 2.39. The maximum atomic E-state index is 12.7. The summed E-state index contributed by atoms with van der Waals surface area (Å²) in [6.07, 6.45) is 1.37. The predicted molar refractivity (Wildman–Crippen MR) is 88.6 cm³/mol. The average Bonchev–Trinajstić information content (AvgIpc) is 2.98. The number of para-hydroxylation sites is 1. The van der Waals surface area contributed by atoms with E-state index in [1.165, 1.54) is 10.8 Å². The first-order valence-corrected chi connectivity index (χ1v) is 7.33. The second-order valence-corrected chi connectivity index (χ2v) is 6.25. The molecule has 9 nitrogen and oxygen atoms in total. The van der Waals surface area contributed by atoms with E-state index in [1.54, 1.807) is 24.3 Å². The van der Waals surface area contributed by atoms with Gasteiger partial charge in [0.15, 0.2) is 0 Å². The van der Waals surface area contributed by atoms with E-state index in [2.05, 4.69) is 26.0 Å². The molecule has 0 spiro atoms. The Morgan fingerprint density at radius 1 is 1.17 bits per heavy atom. The zero-order valence-electron chi connectivity index (χ0n) is 13.5. The van der Waals surface area contributed by atoms with Gasteiger partial charge in [0.2, 0.25) is 0 Å². The number of amides is 2. The fourth-order valence-electron chi connectivity index (χ4n) is 2.14. The Balaban J connectivity index is 1.99. The fourth-order valence-corrected chi connectivity index (χ4v) is 2.14. The Labute approximate surface area is 137 Å². The van der Waals surface area contributed by atoms with Gasteiger partial charge in [-0.25, -0.2) is 10.2 Å². The van der Waals surface area contributed by atoms with Gasteiger partial charge >= 0.3 is 6.03 Å². The molecule has 0 saturated carbocycles. The van der Waals surface area contributed by atoms with Gasteiger partial charge in [0.25, 0.3) is 11.3 Å². The molecule has 0 atom stereocenters. The van der Waals surface area contributed by atoms with Crippen LogP contribution in [-0.2, 0) is 5.41 Å². The third-order valence-corrected chi connectivity index (χ3v) is 3.28. The van der Waals surface area contributed by atoms with Crippen LogP contribution in [0, 0.1) is 0 Å². The van der Waals surface area contributed by atoms with Crippen LogP contribution in [0.25, 0.3) is 5.78 Å². The van der Waals surface area contributed by atoms with E-state index in [0.29, 0.717) is 5.69 Å². The quantitative estimate of drug-likeness (QED) is 0.739. The second kappa shape index (κ2) is 5.76. The van der Waals surface area contributed by atoms with Crippen LogP contribution >= 0.6 is 0 Å². The molecule has 9 heteroatoms. The fraction of sp³-hybridized carbons (Fsp3) is 0.267. The monoisotopic (exact) mass is 327 g/mol. The van der Waals surface area contributed by atoms with Crippen LogP contribution < -0.4 is 16.3 Å². The third-order valence-electron chi connectivity index (χ3n) is 3.28. The molecule has 2 aromatic heterocycles. The summed E-state index contributed by atoms with van der Waals surface area (Å²) in [5.41, 5.74) is 2.42. The van der Waals surface area contributed by atoms with Gasteiger partial charge in [-0.1, -0.05) is 39.0 Å². The minimum Gasteiger partial charge on any atom is -0.307 e. The molecule has 0 radical (unpaired) electrons. The van der Waals surface area contributed by atoms with Gasteiger partial charge in [0.1, 0.15) is 12.0 Å². The van der Waals surface area contributed by atoms with Gasteiger partial charge in [-0.2, -0.15) is 14.3 Å². The molecule has 3 rings (SSSR count). The van der Waals surface area contributed by atoms with Crippen molar-refractivity contribution in [3.05, 3.63) is 52.7 Å². The van der Waals surface area contributed by atoms with Crippen molar-refractivity contribution < 1.29 is 4.79 Å². The van der Waals surface area contributed by atoms with Gasteiger partial charge in [-0.15, -0.1) is 10.2 Å². The minimum absolute atomic E-state index is 0.121. The first-order valence-electron chi connectivity index (χ1n) is 7.33.